The van der Waals surface area contributed by atoms with Crippen LogP contribution in [-0.4, -0.2) is 12.5 Å². The molecule has 1 aromatic rings. The van der Waals surface area contributed by atoms with Gasteiger partial charge in [0.2, 0.25) is 5.91 Å². The maximum Gasteiger partial charge on any atom is 0.321 e. The van der Waals surface area contributed by atoms with E-state index in [4.69, 9.17) is 5.73 Å². The highest BCUT2D eigenvalue weighted by atomic mass is 19.3. The Morgan fingerprint density at radius 2 is 2.07 bits per heavy atom. The summed E-state index contributed by atoms with van der Waals surface area (Å²) < 4.78 is 25.2. The fraction of sp³-hybridized carbons (Fsp3) is 0.300. The number of anilines is 2. The average Bonchev–Trinajstić information content (AvgIpc) is 2.17. The highest BCUT2D eigenvalue weighted by molar-refractivity contribution is 5.96. The van der Waals surface area contributed by atoms with Crippen molar-refractivity contribution in [3.63, 3.8) is 0 Å². The summed E-state index contributed by atoms with van der Waals surface area (Å²) in [5.74, 6) is -0.540. The zero-order valence-corrected chi connectivity index (χ0v) is 7.91. The Kier molecular flexibility index (Phi) is 2.30. The minimum Gasteiger partial charge on any atom is -0.399 e. The minimum absolute atomic E-state index is 0.112. The van der Waals surface area contributed by atoms with Crippen molar-refractivity contribution < 1.29 is 13.6 Å². The van der Waals surface area contributed by atoms with Crippen LogP contribution in [0.2, 0.25) is 0 Å². The summed E-state index contributed by atoms with van der Waals surface area (Å²) in [6.45, 7) is -2.79. The van der Waals surface area contributed by atoms with Crippen LogP contribution < -0.4 is 10.6 Å². The quantitative estimate of drug-likeness (QED) is 0.569. The lowest BCUT2D eigenvalue weighted by Crippen LogP contribution is -2.39. The number of carbonyl (C=O) groups is 1. The molecule has 0 fully saturated rings. The molecule has 1 aliphatic heterocycles. The monoisotopic (exact) mass is 212 g/mol. The van der Waals surface area contributed by atoms with Crippen molar-refractivity contribution in [2.24, 2.45) is 0 Å². The van der Waals surface area contributed by atoms with Crippen LogP contribution in [0.1, 0.15) is 12.0 Å². The van der Waals surface area contributed by atoms with Crippen LogP contribution >= 0.6 is 0 Å². The third-order valence-corrected chi connectivity index (χ3v) is 2.44. The van der Waals surface area contributed by atoms with Gasteiger partial charge in [-0.25, -0.2) is 0 Å². The summed E-state index contributed by atoms with van der Waals surface area (Å²) in [5, 5.41) is 0. The molecule has 0 saturated heterocycles. The Balaban J connectivity index is 2.48. The van der Waals surface area contributed by atoms with Gasteiger partial charge in [-0.15, -0.1) is 0 Å². The molecule has 0 aliphatic carbocycles. The second kappa shape index (κ2) is 3.49. The van der Waals surface area contributed by atoms with E-state index in [2.05, 4.69) is 0 Å². The van der Waals surface area contributed by atoms with E-state index in [0.29, 0.717) is 22.6 Å². The first-order chi connectivity index (χ1) is 7.09. The third kappa shape index (κ3) is 1.65. The molecule has 5 heteroatoms. The molecule has 0 bridgehead atoms. The van der Waals surface area contributed by atoms with Crippen molar-refractivity contribution in [2.45, 2.75) is 19.4 Å². The maximum absolute atomic E-state index is 12.6. The van der Waals surface area contributed by atoms with Crippen LogP contribution in [-0.2, 0) is 11.2 Å². The van der Waals surface area contributed by atoms with Crippen molar-refractivity contribution in [2.75, 3.05) is 10.6 Å². The first-order valence-electron chi connectivity index (χ1n) is 4.58. The molecule has 1 heterocycles. The van der Waals surface area contributed by atoms with E-state index in [9.17, 15) is 13.6 Å². The van der Waals surface area contributed by atoms with Gasteiger partial charge in [0.1, 0.15) is 0 Å². The van der Waals surface area contributed by atoms with Crippen LogP contribution in [0, 0.1) is 0 Å². The lowest BCUT2D eigenvalue weighted by Gasteiger charge is -2.28. The van der Waals surface area contributed by atoms with E-state index >= 15 is 0 Å². The Bertz CT molecular complexity index is 406. The fourth-order valence-corrected chi connectivity index (χ4v) is 1.75. The molecule has 1 aliphatic rings. The first kappa shape index (κ1) is 9.89. The van der Waals surface area contributed by atoms with Crippen molar-refractivity contribution in [1.82, 2.24) is 0 Å². The normalized spacial score (nSPS) is 15.7. The molecule has 15 heavy (non-hydrogen) atoms. The predicted octanol–water partition coefficient (Wildman–Crippen LogP) is 1.77. The maximum atomic E-state index is 12.6. The summed E-state index contributed by atoms with van der Waals surface area (Å²) in [6.07, 6.45) is 0.587. The molecule has 80 valence electrons. The van der Waals surface area contributed by atoms with Gasteiger partial charge in [-0.2, -0.15) is 8.78 Å². The number of hydrogen-bond donors (Lipinski definition) is 1. The van der Waals surface area contributed by atoms with Crippen molar-refractivity contribution in [3.05, 3.63) is 23.8 Å². The van der Waals surface area contributed by atoms with Gasteiger partial charge in [0.25, 0.3) is 0 Å². The number of amides is 1. The Labute approximate surface area is 85.5 Å². The minimum atomic E-state index is -2.79. The van der Waals surface area contributed by atoms with Crippen LogP contribution in [0.15, 0.2) is 18.2 Å². The number of alkyl halides is 2. The standard InChI is InChI=1S/C10H10F2N2O/c11-10(12)14-8-3-2-7(13)5-6(8)1-4-9(14)15/h2-3,5,10H,1,4,13H2. The number of aryl methyl sites for hydroxylation is 1. The second-order valence-corrected chi connectivity index (χ2v) is 3.43. The van der Waals surface area contributed by atoms with Gasteiger partial charge in [-0.1, -0.05) is 0 Å². The predicted molar refractivity (Wildman–Crippen MR) is 52.7 cm³/mol. The van der Waals surface area contributed by atoms with Gasteiger partial charge >= 0.3 is 6.55 Å². The molecule has 0 unspecified atom stereocenters. The van der Waals surface area contributed by atoms with Gasteiger partial charge < -0.3 is 5.73 Å². The van der Waals surface area contributed by atoms with Crippen LogP contribution in [0.5, 0.6) is 0 Å². The molecule has 1 aromatic carbocycles. The molecule has 0 spiro atoms. The molecule has 2 rings (SSSR count). The highest BCUT2D eigenvalue weighted by Gasteiger charge is 2.30. The molecular formula is C10H10F2N2O. The van der Waals surface area contributed by atoms with Gasteiger partial charge in [0, 0.05) is 12.1 Å². The van der Waals surface area contributed by atoms with Crippen molar-refractivity contribution in [1.29, 1.82) is 0 Å². The summed E-state index contributed by atoms with van der Waals surface area (Å²) in [6, 6.07) is 4.62. The van der Waals surface area contributed by atoms with Crippen LogP contribution in [0.25, 0.3) is 0 Å². The molecule has 2 N–H and O–H groups in total. The van der Waals surface area contributed by atoms with Crippen molar-refractivity contribution in [3.8, 4) is 0 Å². The Morgan fingerprint density at radius 1 is 1.33 bits per heavy atom. The topological polar surface area (TPSA) is 46.3 Å². The molecule has 0 atom stereocenters. The summed E-state index contributed by atoms with van der Waals surface area (Å²) >= 11 is 0. The number of carbonyl (C=O) groups excluding carboxylic acids is 1. The lowest BCUT2D eigenvalue weighted by molar-refractivity contribution is -0.121. The first-order valence-corrected chi connectivity index (χ1v) is 4.58. The second-order valence-electron chi connectivity index (χ2n) is 3.43. The number of nitrogens with two attached hydrogens (primary N) is 1. The zero-order chi connectivity index (χ0) is 11.0. The van der Waals surface area contributed by atoms with Gasteiger partial charge in [-0.05, 0) is 30.2 Å². The third-order valence-electron chi connectivity index (χ3n) is 2.44. The number of nitrogen functional groups attached to an aromatic ring is 1. The van der Waals surface area contributed by atoms with Gasteiger partial charge in [0.15, 0.2) is 0 Å². The zero-order valence-electron chi connectivity index (χ0n) is 7.91. The summed E-state index contributed by atoms with van der Waals surface area (Å²) in [5.41, 5.74) is 7.05. The van der Waals surface area contributed by atoms with Crippen LogP contribution in [0.3, 0.4) is 0 Å². The van der Waals surface area contributed by atoms with Gasteiger partial charge in [0.05, 0.1) is 5.69 Å². The number of benzene rings is 1. The largest absolute Gasteiger partial charge is 0.399 e. The molecular weight excluding hydrogens is 202 g/mol. The average molecular weight is 212 g/mol. The van der Waals surface area contributed by atoms with E-state index in [1.54, 1.807) is 6.07 Å². The van der Waals surface area contributed by atoms with Crippen LogP contribution in [0.4, 0.5) is 20.2 Å². The lowest BCUT2D eigenvalue weighted by atomic mass is 10.0. The molecule has 3 nitrogen and oxygen atoms in total. The SMILES string of the molecule is Nc1ccc2c(c1)CCC(=O)N2C(F)F. The summed E-state index contributed by atoms with van der Waals surface area (Å²) in [7, 11) is 0. The van der Waals surface area contributed by atoms with Crippen molar-refractivity contribution >= 4 is 17.3 Å². The van der Waals surface area contributed by atoms with E-state index in [0.717, 1.165) is 0 Å². The molecule has 0 radical (unpaired) electrons. The van der Waals surface area contributed by atoms with E-state index < -0.39 is 12.5 Å². The molecule has 0 aromatic heterocycles. The summed E-state index contributed by atoms with van der Waals surface area (Å²) in [4.78, 5) is 11.8. The Morgan fingerprint density at radius 3 is 2.73 bits per heavy atom. The number of rotatable bonds is 1. The van der Waals surface area contributed by atoms with E-state index in [1.807, 2.05) is 0 Å². The number of halogens is 2. The molecule has 1 amide bonds. The highest BCUT2D eigenvalue weighted by Crippen LogP contribution is 2.31. The number of hydrogen-bond acceptors (Lipinski definition) is 2. The smallest absolute Gasteiger partial charge is 0.321 e. The van der Waals surface area contributed by atoms with Gasteiger partial charge in [-0.3, -0.25) is 9.69 Å². The Hall–Kier alpha value is -1.65. The fourth-order valence-electron chi connectivity index (χ4n) is 1.75. The molecule has 0 saturated carbocycles. The van der Waals surface area contributed by atoms with E-state index in [-0.39, 0.29) is 12.1 Å². The number of fused-ring (bicyclic) bond motifs is 1. The number of nitrogens with zero attached hydrogens (tertiary/aromatic N) is 1. The van der Waals surface area contributed by atoms with E-state index in [1.165, 1.54) is 12.1 Å².